The predicted octanol–water partition coefficient (Wildman–Crippen LogP) is 2.43. The molecule has 0 unspecified atom stereocenters. The van der Waals surface area contributed by atoms with E-state index in [2.05, 4.69) is 4.98 Å². The fourth-order valence-corrected chi connectivity index (χ4v) is 1.91. The second-order valence-corrected chi connectivity index (χ2v) is 3.70. The van der Waals surface area contributed by atoms with E-state index in [1.807, 2.05) is 24.3 Å². The van der Waals surface area contributed by atoms with Gasteiger partial charge in [-0.05, 0) is 12.1 Å². The minimum absolute atomic E-state index is 0.346. The van der Waals surface area contributed by atoms with Gasteiger partial charge >= 0.3 is 0 Å². The SMILES string of the molecule is [B]c1cc(Cl)nc2oc3ccccc3c12. The minimum atomic E-state index is 0.346. The van der Waals surface area contributed by atoms with E-state index in [-0.39, 0.29) is 0 Å². The van der Waals surface area contributed by atoms with E-state index in [1.54, 1.807) is 6.07 Å². The number of nitrogens with zero attached hydrogens (tertiary/aromatic N) is 1. The lowest BCUT2D eigenvalue weighted by Gasteiger charge is -1.95. The molecule has 0 fully saturated rings. The maximum atomic E-state index is 5.88. The summed E-state index contributed by atoms with van der Waals surface area (Å²) in [5.74, 6) is 0. The van der Waals surface area contributed by atoms with Gasteiger partial charge in [0.15, 0.2) is 0 Å². The number of pyridine rings is 1. The molecule has 0 aliphatic rings. The van der Waals surface area contributed by atoms with Crippen LogP contribution in [0.5, 0.6) is 0 Å². The Bertz CT molecular complexity index is 662. The average molecular weight is 213 g/mol. The van der Waals surface area contributed by atoms with Crippen LogP contribution >= 0.6 is 11.6 Å². The van der Waals surface area contributed by atoms with Gasteiger partial charge in [-0.3, -0.25) is 0 Å². The van der Waals surface area contributed by atoms with E-state index in [0.29, 0.717) is 16.3 Å². The number of furan rings is 1. The summed E-state index contributed by atoms with van der Waals surface area (Å²) in [6, 6.07) is 9.30. The number of aromatic nitrogens is 1. The van der Waals surface area contributed by atoms with Gasteiger partial charge in [0.2, 0.25) is 5.71 Å². The fourth-order valence-electron chi connectivity index (χ4n) is 1.72. The molecule has 0 atom stereocenters. The molecule has 70 valence electrons. The van der Waals surface area contributed by atoms with Crippen molar-refractivity contribution in [1.29, 1.82) is 0 Å². The van der Waals surface area contributed by atoms with Crippen molar-refractivity contribution in [2.45, 2.75) is 0 Å². The zero-order valence-corrected chi connectivity index (χ0v) is 8.45. The summed E-state index contributed by atoms with van der Waals surface area (Å²) in [4.78, 5) is 4.09. The molecule has 0 spiro atoms. The van der Waals surface area contributed by atoms with Gasteiger partial charge in [0.05, 0.1) is 0 Å². The molecule has 0 saturated heterocycles. The van der Waals surface area contributed by atoms with Crippen LogP contribution in [0.3, 0.4) is 0 Å². The van der Waals surface area contributed by atoms with Crippen molar-refractivity contribution in [1.82, 2.24) is 4.98 Å². The molecule has 0 aliphatic heterocycles. The Morgan fingerprint density at radius 1 is 1.27 bits per heavy atom. The first-order chi connectivity index (χ1) is 7.25. The molecule has 4 heteroatoms. The monoisotopic (exact) mass is 213 g/mol. The van der Waals surface area contributed by atoms with Crippen LogP contribution < -0.4 is 5.46 Å². The van der Waals surface area contributed by atoms with E-state index in [4.69, 9.17) is 23.9 Å². The molecule has 2 heterocycles. The third-order valence-electron chi connectivity index (χ3n) is 2.35. The highest BCUT2D eigenvalue weighted by Gasteiger charge is 2.10. The van der Waals surface area contributed by atoms with Crippen molar-refractivity contribution < 1.29 is 4.42 Å². The smallest absolute Gasteiger partial charge is 0.228 e. The van der Waals surface area contributed by atoms with Crippen molar-refractivity contribution in [3.8, 4) is 0 Å². The zero-order chi connectivity index (χ0) is 10.4. The lowest BCUT2D eigenvalue weighted by molar-refractivity contribution is 0.654. The van der Waals surface area contributed by atoms with E-state index >= 15 is 0 Å². The number of para-hydroxylation sites is 1. The molecule has 3 aromatic rings. The Morgan fingerprint density at radius 3 is 2.93 bits per heavy atom. The average Bonchev–Trinajstić information content (AvgIpc) is 2.54. The summed E-state index contributed by atoms with van der Waals surface area (Å²) < 4.78 is 5.54. The zero-order valence-electron chi connectivity index (χ0n) is 7.70. The molecule has 0 saturated carbocycles. The predicted molar refractivity (Wildman–Crippen MR) is 61.9 cm³/mol. The summed E-state index contributed by atoms with van der Waals surface area (Å²) in [6.45, 7) is 0. The first kappa shape index (κ1) is 8.80. The molecular weight excluding hydrogens is 208 g/mol. The number of fused-ring (bicyclic) bond motifs is 3. The molecule has 15 heavy (non-hydrogen) atoms. The third kappa shape index (κ3) is 1.23. The van der Waals surface area contributed by atoms with Crippen LogP contribution in [-0.4, -0.2) is 12.8 Å². The summed E-state index contributed by atoms with van der Waals surface area (Å²) in [7, 11) is 5.88. The van der Waals surface area contributed by atoms with E-state index in [9.17, 15) is 0 Å². The van der Waals surface area contributed by atoms with E-state index in [0.717, 1.165) is 16.4 Å². The van der Waals surface area contributed by atoms with Gasteiger partial charge in [0, 0.05) is 10.8 Å². The van der Waals surface area contributed by atoms with Crippen LogP contribution in [0, 0.1) is 0 Å². The quantitative estimate of drug-likeness (QED) is 0.423. The van der Waals surface area contributed by atoms with Crippen LogP contribution in [0.15, 0.2) is 34.7 Å². The number of hydrogen-bond donors (Lipinski definition) is 0. The topological polar surface area (TPSA) is 26.0 Å². The number of benzene rings is 1. The lowest BCUT2D eigenvalue weighted by Crippen LogP contribution is -2.03. The van der Waals surface area contributed by atoms with Crippen LogP contribution in [0.1, 0.15) is 0 Å². The van der Waals surface area contributed by atoms with Crippen LogP contribution in [0.2, 0.25) is 5.15 Å². The van der Waals surface area contributed by atoms with Crippen LogP contribution in [0.25, 0.3) is 22.1 Å². The molecule has 0 N–H and O–H groups in total. The second kappa shape index (κ2) is 3.01. The largest absolute Gasteiger partial charge is 0.438 e. The fraction of sp³-hybridized carbons (Fsp3) is 0. The first-order valence-electron chi connectivity index (χ1n) is 4.49. The van der Waals surface area contributed by atoms with E-state index in [1.165, 1.54) is 0 Å². The normalized spacial score (nSPS) is 11.3. The molecule has 1 aromatic carbocycles. The summed E-state index contributed by atoms with van der Waals surface area (Å²) in [5, 5.41) is 2.14. The second-order valence-electron chi connectivity index (χ2n) is 3.31. The summed E-state index contributed by atoms with van der Waals surface area (Å²) >= 11 is 5.80. The van der Waals surface area contributed by atoms with Crippen molar-refractivity contribution >= 4 is 47.0 Å². The van der Waals surface area contributed by atoms with Crippen molar-refractivity contribution in [3.63, 3.8) is 0 Å². The van der Waals surface area contributed by atoms with Gasteiger partial charge in [-0.1, -0.05) is 35.3 Å². The molecule has 2 nitrogen and oxygen atoms in total. The van der Waals surface area contributed by atoms with Crippen molar-refractivity contribution in [3.05, 3.63) is 35.5 Å². The van der Waals surface area contributed by atoms with Crippen molar-refractivity contribution in [2.24, 2.45) is 0 Å². The lowest BCUT2D eigenvalue weighted by atomic mass is 9.93. The van der Waals surface area contributed by atoms with Gasteiger partial charge in [0.25, 0.3) is 0 Å². The van der Waals surface area contributed by atoms with Gasteiger partial charge in [-0.2, -0.15) is 0 Å². The van der Waals surface area contributed by atoms with E-state index < -0.39 is 0 Å². The van der Waals surface area contributed by atoms with Gasteiger partial charge < -0.3 is 4.42 Å². The molecule has 2 radical (unpaired) electrons. The first-order valence-corrected chi connectivity index (χ1v) is 4.87. The Labute approximate surface area is 92.3 Å². The standard InChI is InChI=1S/C11H5BClNO/c12-7-5-9(13)14-11-10(7)6-3-1-2-4-8(6)15-11/h1-5H. The molecule has 0 aliphatic carbocycles. The Kier molecular flexibility index (Phi) is 1.76. The molecule has 0 amide bonds. The molecule has 3 rings (SSSR count). The summed E-state index contributed by atoms with van der Waals surface area (Å²) in [5.41, 5.74) is 1.85. The van der Waals surface area contributed by atoms with Gasteiger partial charge in [-0.15, -0.1) is 0 Å². The van der Waals surface area contributed by atoms with Crippen LogP contribution in [0.4, 0.5) is 0 Å². The van der Waals surface area contributed by atoms with Gasteiger partial charge in [-0.25, -0.2) is 4.98 Å². The number of halogens is 1. The highest BCUT2D eigenvalue weighted by atomic mass is 35.5. The highest BCUT2D eigenvalue weighted by molar-refractivity contribution is 6.42. The van der Waals surface area contributed by atoms with Crippen molar-refractivity contribution in [2.75, 3.05) is 0 Å². The molecule has 2 aromatic heterocycles. The molecular formula is C11H5BClNO. The Morgan fingerprint density at radius 2 is 2.07 bits per heavy atom. The highest BCUT2D eigenvalue weighted by Crippen LogP contribution is 2.26. The molecule has 0 bridgehead atoms. The number of hydrogen-bond acceptors (Lipinski definition) is 2. The maximum absolute atomic E-state index is 5.88. The Hall–Kier alpha value is -1.48. The van der Waals surface area contributed by atoms with Gasteiger partial charge in [0.1, 0.15) is 18.6 Å². The minimum Gasteiger partial charge on any atom is -0.438 e. The number of rotatable bonds is 0. The third-order valence-corrected chi connectivity index (χ3v) is 2.54. The Balaban J connectivity index is 2.61. The summed E-state index contributed by atoms with van der Waals surface area (Å²) in [6.07, 6.45) is 0. The van der Waals surface area contributed by atoms with Crippen LogP contribution in [-0.2, 0) is 0 Å². The maximum Gasteiger partial charge on any atom is 0.228 e.